The molecule has 20 heavy (non-hydrogen) atoms. The van der Waals surface area contributed by atoms with Crippen molar-refractivity contribution >= 4 is 23.2 Å². The number of rotatable bonds is 7. The minimum Gasteiger partial charge on any atom is -0.376 e. The zero-order valence-electron chi connectivity index (χ0n) is 11.9. The zero-order valence-corrected chi connectivity index (χ0v) is 11.9. The summed E-state index contributed by atoms with van der Waals surface area (Å²) < 4.78 is 0. The lowest BCUT2D eigenvalue weighted by Gasteiger charge is -2.09. The van der Waals surface area contributed by atoms with Crippen LogP contribution in [-0.4, -0.2) is 24.9 Å². The molecule has 5 nitrogen and oxygen atoms in total. The van der Waals surface area contributed by atoms with Crippen molar-refractivity contribution in [1.82, 2.24) is 5.32 Å². The van der Waals surface area contributed by atoms with Crippen molar-refractivity contribution in [2.75, 3.05) is 23.7 Å². The highest BCUT2D eigenvalue weighted by Gasteiger charge is 2.06. The minimum absolute atomic E-state index is 0.0190. The van der Waals surface area contributed by atoms with Gasteiger partial charge in [-0.25, -0.2) is 0 Å². The second kappa shape index (κ2) is 7.99. The van der Waals surface area contributed by atoms with Gasteiger partial charge in [0, 0.05) is 23.8 Å². The topological polar surface area (TPSA) is 70.2 Å². The molecular formula is C15H21N3O2. The van der Waals surface area contributed by atoms with Gasteiger partial charge in [0.2, 0.25) is 11.8 Å². The molecule has 0 spiro atoms. The summed E-state index contributed by atoms with van der Waals surface area (Å²) in [6, 6.07) is 7.22. The molecule has 0 fully saturated rings. The Balaban J connectivity index is 2.44. The van der Waals surface area contributed by atoms with Crippen molar-refractivity contribution in [3.8, 4) is 0 Å². The fourth-order valence-electron chi connectivity index (χ4n) is 1.39. The molecule has 0 heterocycles. The molecule has 1 aromatic carbocycles. The number of hydrogen-bond donors (Lipinski definition) is 3. The Bertz CT molecular complexity index is 467. The van der Waals surface area contributed by atoms with Gasteiger partial charge in [-0.3, -0.25) is 9.59 Å². The molecule has 0 bridgehead atoms. The second-order valence-electron chi connectivity index (χ2n) is 4.67. The number of anilines is 2. The molecule has 3 N–H and O–H groups in total. The van der Waals surface area contributed by atoms with E-state index in [1.54, 1.807) is 18.2 Å². The maximum atomic E-state index is 11.5. The first-order valence-corrected chi connectivity index (χ1v) is 6.55. The molecule has 0 radical (unpaired) electrons. The van der Waals surface area contributed by atoms with E-state index in [0.29, 0.717) is 6.54 Å². The molecule has 0 saturated carbocycles. The normalized spacial score (nSPS) is 9.95. The van der Waals surface area contributed by atoms with Gasteiger partial charge in [0.15, 0.2) is 0 Å². The van der Waals surface area contributed by atoms with Crippen LogP contribution in [0, 0.1) is 5.92 Å². The summed E-state index contributed by atoms with van der Waals surface area (Å²) in [6.07, 6.45) is 1.63. The van der Waals surface area contributed by atoms with Crippen molar-refractivity contribution in [1.29, 1.82) is 0 Å². The second-order valence-corrected chi connectivity index (χ2v) is 4.67. The lowest BCUT2D eigenvalue weighted by atomic mass is 10.2. The van der Waals surface area contributed by atoms with E-state index in [1.165, 1.54) is 0 Å². The lowest BCUT2D eigenvalue weighted by Crippen LogP contribution is -2.29. The van der Waals surface area contributed by atoms with Crippen LogP contribution < -0.4 is 16.0 Å². The third kappa shape index (κ3) is 5.56. The molecule has 0 aliphatic rings. The first kappa shape index (κ1) is 15.8. The third-order valence-electron chi connectivity index (χ3n) is 2.57. The number of carbonyl (C=O) groups excluding carboxylic acids is 2. The maximum absolute atomic E-state index is 11.5. The minimum atomic E-state index is -0.0953. The Morgan fingerprint density at radius 2 is 1.80 bits per heavy atom. The first-order valence-electron chi connectivity index (χ1n) is 6.55. The van der Waals surface area contributed by atoms with Crippen LogP contribution in [0.5, 0.6) is 0 Å². The van der Waals surface area contributed by atoms with E-state index in [1.807, 2.05) is 26.0 Å². The summed E-state index contributed by atoms with van der Waals surface area (Å²) in [5.74, 6) is -0.169. The quantitative estimate of drug-likeness (QED) is 0.667. The van der Waals surface area contributed by atoms with Crippen LogP contribution >= 0.6 is 0 Å². The largest absolute Gasteiger partial charge is 0.376 e. The molecule has 2 amide bonds. The van der Waals surface area contributed by atoms with Crippen LogP contribution in [0.3, 0.4) is 0 Å². The van der Waals surface area contributed by atoms with Gasteiger partial charge in [0.1, 0.15) is 0 Å². The van der Waals surface area contributed by atoms with Gasteiger partial charge < -0.3 is 16.0 Å². The van der Waals surface area contributed by atoms with Crippen LogP contribution in [0.1, 0.15) is 13.8 Å². The highest BCUT2D eigenvalue weighted by atomic mass is 16.2. The standard InChI is InChI=1S/C15H21N3O2/c1-4-9-16-14(19)10-17-12-5-7-13(8-6-12)18-15(20)11(2)3/h4-8,11,17H,1,9-10H2,2-3H3,(H,16,19)(H,18,20). The number of hydrogen-bond acceptors (Lipinski definition) is 3. The number of carbonyl (C=O) groups is 2. The van der Waals surface area contributed by atoms with Crippen LogP contribution in [0.4, 0.5) is 11.4 Å². The van der Waals surface area contributed by atoms with E-state index in [9.17, 15) is 9.59 Å². The molecule has 0 unspecified atom stereocenters. The van der Waals surface area contributed by atoms with Crippen LogP contribution in [0.2, 0.25) is 0 Å². The van der Waals surface area contributed by atoms with Crippen LogP contribution in [0.25, 0.3) is 0 Å². The van der Waals surface area contributed by atoms with Gasteiger partial charge in [0.25, 0.3) is 0 Å². The molecule has 0 aliphatic heterocycles. The Labute approximate surface area is 119 Å². The summed E-state index contributed by atoms with van der Waals surface area (Å²) in [6.45, 7) is 7.87. The number of nitrogens with one attached hydrogen (secondary N) is 3. The van der Waals surface area contributed by atoms with Gasteiger partial charge in [-0.2, -0.15) is 0 Å². The van der Waals surface area contributed by atoms with Gasteiger partial charge in [-0.05, 0) is 24.3 Å². The molecule has 0 aliphatic carbocycles. The smallest absolute Gasteiger partial charge is 0.239 e. The number of amides is 2. The molecule has 108 valence electrons. The Hall–Kier alpha value is -2.30. The predicted octanol–water partition coefficient (Wildman–Crippen LogP) is 2.00. The molecular weight excluding hydrogens is 254 g/mol. The highest BCUT2D eigenvalue weighted by Crippen LogP contribution is 2.14. The fraction of sp³-hybridized carbons (Fsp3) is 0.333. The summed E-state index contributed by atoms with van der Waals surface area (Å²) in [5.41, 5.74) is 1.56. The van der Waals surface area contributed by atoms with Gasteiger partial charge in [-0.15, -0.1) is 6.58 Å². The molecule has 5 heteroatoms. The van der Waals surface area contributed by atoms with Crippen LogP contribution in [0.15, 0.2) is 36.9 Å². The van der Waals surface area contributed by atoms with Gasteiger partial charge >= 0.3 is 0 Å². The van der Waals surface area contributed by atoms with Crippen molar-refractivity contribution < 1.29 is 9.59 Å². The van der Waals surface area contributed by atoms with Crippen molar-refractivity contribution in [3.05, 3.63) is 36.9 Å². The van der Waals surface area contributed by atoms with E-state index < -0.39 is 0 Å². The SMILES string of the molecule is C=CCNC(=O)CNc1ccc(NC(=O)C(C)C)cc1. The molecule has 1 aromatic rings. The van der Waals surface area contributed by atoms with Gasteiger partial charge in [0.05, 0.1) is 6.54 Å². The predicted molar refractivity (Wildman–Crippen MR) is 81.6 cm³/mol. The lowest BCUT2D eigenvalue weighted by molar-refractivity contribution is -0.119. The number of benzene rings is 1. The van der Waals surface area contributed by atoms with E-state index >= 15 is 0 Å². The van der Waals surface area contributed by atoms with E-state index in [-0.39, 0.29) is 24.3 Å². The first-order chi connectivity index (χ1) is 9.52. The zero-order chi connectivity index (χ0) is 15.0. The molecule has 0 saturated heterocycles. The Morgan fingerprint density at radius 1 is 1.20 bits per heavy atom. The van der Waals surface area contributed by atoms with Gasteiger partial charge in [-0.1, -0.05) is 19.9 Å². The highest BCUT2D eigenvalue weighted by molar-refractivity contribution is 5.92. The molecule has 1 rings (SSSR count). The monoisotopic (exact) mass is 275 g/mol. The van der Waals surface area contributed by atoms with E-state index in [0.717, 1.165) is 11.4 Å². The fourth-order valence-corrected chi connectivity index (χ4v) is 1.39. The summed E-state index contributed by atoms with van der Waals surface area (Å²) in [7, 11) is 0. The average molecular weight is 275 g/mol. The van der Waals surface area contributed by atoms with Crippen molar-refractivity contribution in [2.45, 2.75) is 13.8 Å². The molecule has 0 aromatic heterocycles. The average Bonchev–Trinajstić information content (AvgIpc) is 2.44. The summed E-state index contributed by atoms with van der Waals surface area (Å²) in [5, 5.41) is 8.48. The third-order valence-corrected chi connectivity index (χ3v) is 2.57. The summed E-state index contributed by atoms with van der Waals surface area (Å²) >= 11 is 0. The Morgan fingerprint density at radius 3 is 2.35 bits per heavy atom. The maximum Gasteiger partial charge on any atom is 0.239 e. The van der Waals surface area contributed by atoms with Crippen LogP contribution in [-0.2, 0) is 9.59 Å². The molecule has 0 atom stereocenters. The summed E-state index contributed by atoms with van der Waals surface area (Å²) in [4.78, 5) is 22.9. The van der Waals surface area contributed by atoms with E-state index in [4.69, 9.17) is 0 Å². The van der Waals surface area contributed by atoms with E-state index in [2.05, 4.69) is 22.5 Å². The Kier molecular flexibility index (Phi) is 6.29. The van der Waals surface area contributed by atoms with Crippen molar-refractivity contribution in [2.24, 2.45) is 5.92 Å². The van der Waals surface area contributed by atoms with Crippen molar-refractivity contribution in [3.63, 3.8) is 0 Å².